The smallest absolute Gasteiger partial charge is 0.0436 e. The third-order valence-electron chi connectivity index (χ3n) is 4.75. The Hall–Kier alpha value is -0.890. The maximum atomic E-state index is 4.73. The van der Waals surface area contributed by atoms with Gasteiger partial charge in [0.1, 0.15) is 0 Å². The van der Waals surface area contributed by atoms with Gasteiger partial charge >= 0.3 is 0 Å². The summed E-state index contributed by atoms with van der Waals surface area (Å²) in [5.74, 6) is 0. The lowest BCUT2D eigenvalue weighted by molar-refractivity contribution is 0.221. The van der Waals surface area contributed by atoms with Crippen molar-refractivity contribution in [1.82, 2.24) is 9.88 Å². The van der Waals surface area contributed by atoms with Crippen molar-refractivity contribution in [2.45, 2.75) is 64.3 Å². The van der Waals surface area contributed by atoms with Crippen LogP contribution < -0.4 is 0 Å². The van der Waals surface area contributed by atoms with Gasteiger partial charge in [0.05, 0.1) is 0 Å². The first kappa shape index (κ1) is 13.1. The molecule has 104 valence electrons. The van der Waals surface area contributed by atoms with Crippen LogP contribution in [0.15, 0.2) is 12.3 Å². The minimum absolute atomic E-state index is 0.211. The van der Waals surface area contributed by atoms with E-state index in [-0.39, 0.29) is 5.41 Å². The van der Waals surface area contributed by atoms with E-state index in [4.69, 9.17) is 4.98 Å². The van der Waals surface area contributed by atoms with Crippen molar-refractivity contribution in [2.24, 2.45) is 0 Å². The van der Waals surface area contributed by atoms with Crippen LogP contribution in [0.3, 0.4) is 0 Å². The van der Waals surface area contributed by atoms with Gasteiger partial charge in [0.2, 0.25) is 0 Å². The highest BCUT2D eigenvalue weighted by Gasteiger charge is 2.27. The molecule has 2 nitrogen and oxygen atoms in total. The van der Waals surface area contributed by atoms with E-state index in [0.717, 1.165) is 6.04 Å². The molecule has 0 N–H and O–H groups in total. The van der Waals surface area contributed by atoms with Crippen LogP contribution in [-0.2, 0) is 18.3 Å². The van der Waals surface area contributed by atoms with Gasteiger partial charge < -0.3 is 4.90 Å². The molecule has 1 aromatic heterocycles. The molecular formula is C17H26N2. The second-order valence-electron chi connectivity index (χ2n) is 7.22. The number of pyridine rings is 1. The second kappa shape index (κ2) is 4.90. The largest absolute Gasteiger partial charge is 0.300 e. The summed E-state index contributed by atoms with van der Waals surface area (Å²) >= 11 is 0. The molecular weight excluding hydrogens is 232 g/mol. The predicted molar refractivity (Wildman–Crippen MR) is 79.6 cm³/mol. The highest BCUT2D eigenvalue weighted by molar-refractivity contribution is 5.32. The quantitative estimate of drug-likeness (QED) is 0.768. The number of hydrogen-bond donors (Lipinski definition) is 0. The summed E-state index contributed by atoms with van der Waals surface area (Å²) in [6.45, 7) is 9.45. The maximum Gasteiger partial charge on any atom is 0.0436 e. The zero-order valence-corrected chi connectivity index (χ0v) is 12.6. The van der Waals surface area contributed by atoms with E-state index in [1.54, 1.807) is 0 Å². The van der Waals surface area contributed by atoms with Gasteiger partial charge in [-0.25, -0.2) is 0 Å². The Morgan fingerprint density at radius 3 is 2.63 bits per heavy atom. The van der Waals surface area contributed by atoms with E-state index in [1.807, 2.05) is 0 Å². The molecule has 1 unspecified atom stereocenters. The lowest BCUT2D eigenvalue weighted by Crippen LogP contribution is -2.37. The Balaban J connectivity index is 1.82. The van der Waals surface area contributed by atoms with E-state index >= 15 is 0 Å². The van der Waals surface area contributed by atoms with Crippen molar-refractivity contribution in [3.05, 3.63) is 29.1 Å². The van der Waals surface area contributed by atoms with Crippen molar-refractivity contribution in [3.8, 4) is 0 Å². The van der Waals surface area contributed by atoms with Gasteiger partial charge in [-0.1, -0.05) is 26.8 Å². The van der Waals surface area contributed by atoms with E-state index in [2.05, 4.69) is 37.9 Å². The summed E-state index contributed by atoms with van der Waals surface area (Å²) in [4.78, 5) is 7.43. The molecule has 1 aliphatic heterocycles. The molecule has 1 fully saturated rings. The van der Waals surface area contributed by atoms with Crippen LogP contribution in [0.4, 0.5) is 0 Å². The second-order valence-corrected chi connectivity index (χ2v) is 7.22. The summed E-state index contributed by atoms with van der Waals surface area (Å²) in [6, 6.07) is 3.19. The fourth-order valence-electron chi connectivity index (χ4n) is 3.43. The standard InChI is InChI=1S/C17H26N2/c1-17(2,3)14-10-13-11-15(19-8-4-5-9-19)6-7-16(13)18-12-14/h10,12,15H,4-9,11H2,1-3H3. The van der Waals surface area contributed by atoms with Gasteiger partial charge in [-0.05, 0) is 61.7 Å². The van der Waals surface area contributed by atoms with Crippen LogP contribution in [0, 0.1) is 0 Å². The van der Waals surface area contributed by atoms with Gasteiger partial charge in [0, 0.05) is 17.9 Å². The van der Waals surface area contributed by atoms with Crippen molar-refractivity contribution in [1.29, 1.82) is 0 Å². The van der Waals surface area contributed by atoms with Crippen molar-refractivity contribution in [3.63, 3.8) is 0 Å². The minimum atomic E-state index is 0.211. The molecule has 1 saturated heterocycles. The predicted octanol–water partition coefficient (Wildman–Crippen LogP) is 3.33. The lowest BCUT2D eigenvalue weighted by atomic mass is 9.84. The topological polar surface area (TPSA) is 16.1 Å². The molecule has 0 bridgehead atoms. The van der Waals surface area contributed by atoms with E-state index < -0.39 is 0 Å². The Bertz CT molecular complexity index is 453. The van der Waals surface area contributed by atoms with Crippen molar-refractivity contribution < 1.29 is 0 Å². The number of nitrogens with zero attached hydrogens (tertiary/aromatic N) is 2. The monoisotopic (exact) mass is 258 g/mol. The van der Waals surface area contributed by atoms with Crippen LogP contribution in [0.5, 0.6) is 0 Å². The van der Waals surface area contributed by atoms with Crippen LogP contribution in [-0.4, -0.2) is 29.0 Å². The first-order valence-electron chi connectivity index (χ1n) is 7.76. The zero-order valence-electron chi connectivity index (χ0n) is 12.6. The van der Waals surface area contributed by atoms with E-state index in [9.17, 15) is 0 Å². The molecule has 0 aromatic carbocycles. The zero-order chi connectivity index (χ0) is 13.5. The Labute approximate surface area is 117 Å². The normalized spacial score (nSPS) is 24.5. The van der Waals surface area contributed by atoms with Crippen LogP contribution >= 0.6 is 0 Å². The molecule has 3 rings (SSSR count). The summed E-state index contributed by atoms with van der Waals surface area (Å²) in [5.41, 5.74) is 4.45. The van der Waals surface area contributed by atoms with Gasteiger partial charge in [0.25, 0.3) is 0 Å². The molecule has 0 amide bonds. The SMILES string of the molecule is CC(C)(C)c1cnc2c(c1)CC(N1CCCC1)CC2. The lowest BCUT2D eigenvalue weighted by Gasteiger charge is -2.32. The highest BCUT2D eigenvalue weighted by Crippen LogP contribution is 2.29. The van der Waals surface area contributed by atoms with Gasteiger partial charge in [0.15, 0.2) is 0 Å². The molecule has 0 saturated carbocycles. The number of fused-ring (bicyclic) bond motifs is 1. The fraction of sp³-hybridized carbons (Fsp3) is 0.706. The molecule has 2 heteroatoms. The first-order chi connectivity index (χ1) is 9.04. The molecule has 2 heterocycles. The number of hydrogen-bond acceptors (Lipinski definition) is 2. The van der Waals surface area contributed by atoms with E-state index in [0.29, 0.717) is 0 Å². The van der Waals surface area contributed by atoms with Gasteiger partial charge in [-0.15, -0.1) is 0 Å². The number of likely N-dealkylation sites (tertiary alicyclic amines) is 1. The van der Waals surface area contributed by atoms with Crippen LogP contribution in [0.1, 0.15) is 56.9 Å². The van der Waals surface area contributed by atoms with Crippen molar-refractivity contribution >= 4 is 0 Å². The summed E-state index contributed by atoms with van der Waals surface area (Å²) < 4.78 is 0. The molecule has 1 atom stereocenters. The molecule has 1 aromatic rings. The Morgan fingerprint density at radius 2 is 1.95 bits per heavy atom. The number of aromatic nitrogens is 1. The average molecular weight is 258 g/mol. The van der Waals surface area contributed by atoms with Crippen LogP contribution in [0.25, 0.3) is 0 Å². The molecule has 0 spiro atoms. The average Bonchev–Trinajstić information content (AvgIpc) is 2.90. The summed E-state index contributed by atoms with van der Waals surface area (Å²) in [6.07, 6.45) is 8.56. The van der Waals surface area contributed by atoms with E-state index in [1.165, 1.54) is 62.0 Å². The molecule has 19 heavy (non-hydrogen) atoms. The number of aryl methyl sites for hydroxylation is 1. The maximum absolute atomic E-state index is 4.73. The summed E-state index contributed by atoms with van der Waals surface area (Å²) in [5, 5.41) is 0. The molecule has 0 radical (unpaired) electrons. The minimum Gasteiger partial charge on any atom is -0.300 e. The highest BCUT2D eigenvalue weighted by atomic mass is 15.2. The van der Waals surface area contributed by atoms with Gasteiger partial charge in [-0.3, -0.25) is 4.98 Å². The molecule has 2 aliphatic rings. The third kappa shape index (κ3) is 2.69. The number of rotatable bonds is 1. The van der Waals surface area contributed by atoms with Crippen molar-refractivity contribution in [2.75, 3.05) is 13.1 Å². The fourth-order valence-corrected chi connectivity index (χ4v) is 3.43. The first-order valence-corrected chi connectivity index (χ1v) is 7.76. The Morgan fingerprint density at radius 1 is 1.21 bits per heavy atom. The Kier molecular flexibility index (Phi) is 3.38. The van der Waals surface area contributed by atoms with Gasteiger partial charge in [-0.2, -0.15) is 0 Å². The third-order valence-corrected chi connectivity index (χ3v) is 4.75. The summed E-state index contributed by atoms with van der Waals surface area (Å²) in [7, 11) is 0. The van der Waals surface area contributed by atoms with Crippen LogP contribution in [0.2, 0.25) is 0 Å². The molecule has 1 aliphatic carbocycles.